The summed E-state index contributed by atoms with van der Waals surface area (Å²) in [5.74, 6) is -0.294. The van der Waals surface area contributed by atoms with E-state index in [1.54, 1.807) is 25.6 Å². The van der Waals surface area contributed by atoms with Crippen molar-refractivity contribution >= 4 is 22.6 Å². The van der Waals surface area contributed by atoms with Gasteiger partial charge in [-0.05, 0) is 60.2 Å². The van der Waals surface area contributed by atoms with Crippen molar-refractivity contribution in [1.82, 2.24) is 24.7 Å². The lowest BCUT2D eigenvalue weighted by atomic mass is 9.91. The molecule has 198 valence electrons. The molecule has 7 nitrogen and oxygen atoms in total. The van der Waals surface area contributed by atoms with E-state index >= 15 is 4.39 Å². The lowest BCUT2D eigenvalue weighted by Gasteiger charge is -2.21. The molecule has 0 unspecified atom stereocenters. The second kappa shape index (κ2) is 9.85. The number of fused-ring (bicyclic) bond motifs is 2. The van der Waals surface area contributed by atoms with Crippen LogP contribution in [0.4, 0.5) is 4.39 Å². The van der Waals surface area contributed by atoms with Gasteiger partial charge in [0.2, 0.25) is 5.78 Å². The third kappa shape index (κ3) is 4.55. The molecule has 1 saturated carbocycles. The molecular formula is C31H30FN5O2. The summed E-state index contributed by atoms with van der Waals surface area (Å²) in [6.07, 6.45) is 9.36. The van der Waals surface area contributed by atoms with Crippen LogP contribution in [0.2, 0.25) is 0 Å². The summed E-state index contributed by atoms with van der Waals surface area (Å²) in [4.78, 5) is 26.4. The second-order valence-electron chi connectivity index (χ2n) is 10.6. The molecule has 1 atom stereocenters. The summed E-state index contributed by atoms with van der Waals surface area (Å²) in [7, 11) is 1.58. The van der Waals surface area contributed by atoms with E-state index in [1.165, 1.54) is 17.7 Å². The van der Waals surface area contributed by atoms with Crippen molar-refractivity contribution in [2.45, 2.75) is 38.1 Å². The Bertz CT molecular complexity index is 1690. The SMILES string of the molecule is COC[C@@H](NC(=O)c1ccc(-c2cnc3ncc(C4(c5ccc6ncccc6c5)CC4)n3c2)cc1F)C(C)C. The molecule has 0 spiro atoms. The summed E-state index contributed by atoms with van der Waals surface area (Å²) in [5, 5.41) is 3.99. The van der Waals surface area contributed by atoms with E-state index in [-0.39, 0.29) is 22.9 Å². The number of aromatic nitrogens is 4. The van der Waals surface area contributed by atoms with Gasteiger partial charge in [0.25, 0.3) is 5.91 Å². The minimum atomic E-state index is -0.584. The van der Waals surface area contributed by atoms with Crippen LogP contribution < -0.4 is 5.32 Å². The molecule has 6 rings (SSSR count). The lowest BCUT2D eigenvalue weighted by molar-refractivity contribution is 0.0862. The van der Waals surface area contributed by atoms with Crippen LogP contribution in [-0.2, 0) is 10.2 Å². The lowest BCUT2D eigenvalue weighted by Crippen LogP contribution is -2.41. The summed E-state index contributed by atoms with van der Waals surface area (Å²) in [5.41, 5.74) is 4.49. The van der Waals surface area contributed by atoms with Crippen LogP contribution in [0.25, 0.3) is 27.8 Å². The number of carbonyl (C=O) groups is 1. The molecule has 3 aromatic heterocycles. The number of amides is 1. The van der Waals surface area contributed by atoms with Crippen molar-refractivity contribution in [3.05, 3.63) is 96.0 Å². The fourth-order valence-electron chi connectivity index (χ4n) is 5.27. The highest BCUT2D eigenvalue weighted by Gasteiger charge is 2.48. The number of halogens is 1. The normalized spacial score (nSPS) is 15.1. The average Bonchev–Trinajstić information content (AvgIpc) is 3.64. The molecule has 0 aliphatic heterocycles. The Balaban J connectivity index is 1.32. The van der Waals surface area contributed by atoms with Gasteiger partial charge in [-0.15, -0.1) is 0 Å². The summed E-state index contributed by atoms with van der Waals surface area (Å²) in [6.45, 7) is 4.33. The molecule has 1 N–H and O–H groups in total. The van der Waals surface area contributed by atoms with Crippen molar-refractivity contribution in [2.24, 2.45) is 5.92 Å². The molecule has 1 amide bonds. The first-order chi connectivity index (χ1) is 18.9. The van der Waals surface area contributed by atoms with Crippen LogP contribution in [-0.4, -0.2) is 45.0 Å². The van der Waals surface area contributed by atoms with Crippen molar-refractivity contribution in [3.63, 3.8) is 0 Å². The predicted molar refractivity (Wildman–Crippen MR) is 148 cm³/mol. The Morgan fingerprint density at radius 1 is 1.08 bits per heavy atom. The Kier molecular flexibility index (Phi) is 6.35. The van der Waals surface area contributed by atoms with Gasteiger partial charge in [-0.2, -0.15) is 0 Å². The molecule has 0 bridgehead atoms. The van der Waals surface area contributed by atoms with E-state index in [0.717, 1.165) is 35.0 Å². The number of hydrogen-bond acceptors (Lipinski definition) is 5. The van der Waals surface area contributed by atoms with Crippen LogP contribution >= 0.6 is 0 Å². The first-order valence-corrected chi connectivity index (χ1v) is 13.2. The fourth-order valence-corrected chi connectivity index (χ4v) is 5.27. The number of hydrogen-bond donors (Lipinski definition) is 1. The number of nitrogens with zero attached hydrogens (tertiary/aromatic N) is 4. The van der Waals surface area contributed by atoms with E-state index in [9.17, 15) is 4.79 Å². The number of pyridine rings is 1. The third-order valence-corrected chi connectivity index (χ3v) is 7.77. The van der Waals surface area contributed by atoms with Gasteiger partial charge in [-0.25, -0.2) is 14.4 Å². The van der Waals surface area contributed by atoms with Crippen molar-refractivity contribution < 1.29 is 13.9 Å². The van der Waals surface area contributed by atoms with Gasteiger partial charge >= 0.3 is 0 Å². The minimum absolute atomic E-state index is 0.000544. The van der Waals surface area contributed by atoms with Crippen LogP contribution in [0.3, 0.4) is 0 Å². The molecule has 5 aromatic rings. The molecule has 0 saturated heterocycles. The average molecular weight is 524 g/mol. The molecule has 3 heterocycles. The molecule has 39 heavy (non-hydrogen) atoms. The molecule has 8 heteroatoms. The fraction of sp³-hybridized carbons (Fsp3) is 0.290. The smallest absolute Gasteiger partial charge is 0.254 e. The number of rotatable bonds is 8. The zero-order chi connectivity index (χ0) is 27.1. The van der Waals surface area contributed by atoms with Gasteiger partial charge in [-0.1, -0.05) is 32.0 Å². The highest BCUT2D eigenvalue weighted by Crippen LogP contribution is 2.53. The van der Waals surface area contributed by atoms with Gasteiger partial charge in [0.1, 0.15) is 5.82 Å². The number of nitrogens with one attached hydrogen (secondary N) is 1. The number of carbonyl (C=O) groups excluding carboxylic acids is 1. The second-order valence-corrected chi connectivity index (χ2v) is 10.6. The predicted octanol–water partition coefficient (Wildman–Crippen LogP) is 5.56. The largest absolute Gasteiger partial charge is 0.383 e. The number of imidazole rings is 1. The van der Waals surface area contributed by atoms with Gasteiger partial charge in [0, 0.05) is 42.1 Å². The first kappa shape index (κ1) is 25.1. The minimum Gasteiger partial charge on any atom is -0.383 e. The highest BCUT2D eigenvalue weighted by molar-refractivity contribution is 5.95. The Hall–Kier alpha value is -4.17. The molecular weight excluding hydrogens is 493 g/mol. The van der Waals surface area contributed by atoms with E-state index in [0.29, 0.717) is 17.9 Å². The van der Waals surface area contributed by atoms with Crippen molar-refractivity contribution in [1.29, 1.82) is 0 Å². The van der Waals surface area contributed by atoms with Crippen molar-refractivity contribution in [3.8, 4) is 11.1 Å². The van der Waals surface area contributed by atoms with Gasteiger partial charge in [0.05, 0.1) is 35.6 Å². The molecule has 1 aliphatic rings. The Morgan fingerprint density at radius 2 is 1.90 bits per heavy atom. The number of methoxy groups -OCH3 is 1. The highest BCUT2D eigenvalue weighted by atomic mass is 19.1. The zero-order valence-corrected chi connectivity index (χ0v) is 22.2. The maximum absolute atomic E-state index is 15.2. The van der Waals surface area contributed by atoms with E-state index < -0.39 is 11.7 Å². The maximum Gasteiger partial charge on any atom is 0.254 e. The Morgan fingerprint density at radius 3 is 2.64 bits per heavy atom. The molecule has 0 radical (unpaired) electrons. The number of benzene rings is 2. The zero-order valence-electron chi connectivity index (χ0n) is 22.2. The summed E-state index contributed by atoms with van der Waals surface area (Å²) in [6, 6.07) is 14.9. The third-order valence-electron chi connectivity index (χ3n) is 7.77. The van der Waals surface area contributed by atoms with E-state index in [1.807, 2.05) is 36.7 Å². The topological polar surface area (TPSA) is 81.4 Å². The monoisotopic (exact) mass is 523 g/mol. The van der Waals surface area contributed by atoms with Crippen LogP contribution in [0.1, 0.15) is 48.3 Å². The van der Waals surface area contributed by atoms with Crippen LogP contribution in [0.15, 0.2) is 73.3 Å². The van der Waals surface area contributed by atoms with Gasteiger partial charge in [-0.3, -0.25) is 14.2 Å². The summed E-state index contributed by atoms with van der Waals surface area (Å²) < 4.78 is 22.4. The molecule has 1 aliphatic carbocycles. The van der Waals surface area contributed by atoms with Crippen LogP contribution in [0.5, 0.6) is 0 Å². The van der Waals surface area contributed by atoms with E-state index in [4.69, 9.17) is 4.74 Å². The molecule has 2 aromatic carbocycles. The Labute approximate surface area is 226 Å². The van der Waals surface area contributed by atoms with Crippen molar-refractivity contribution in [2.75, 3.05) is 13.7 Å². The number of ether oxygens (including phenoxy) is 1. The molecule has 1 fully saturated rings. The van der Waals surface area contributed by atoms with Crippen LogP contribution in [0, 0.1) is 11.7 Å². The maximum atomic E-state index is 15.2. The van der Waals surface area contributed by atoms with E-state index in [2.05, 4.69) is 44.5 Å². The first-order valence-electron chi connectivity index (χ1n) is 13.2. The standard InChI is InChI=1S/C31H30FN5O2/c1-19(2)27(18-39-3)36-29(38)24-8-6-20(14-25(24)32)22-15-34-30-35-16-28(37(30)17-22)31(10-11-31)23-7-9-26-21(13-23)5-4-12-33-26/h4-9,12-17,19,27H,10-11,18H2,1-3H3,(H,36,38)/t27-/m1/s1. The van der Waals surface area contributed by atoms with Gasteiger partial charge < -0.3 is 10.1 Å². The summed E-state index contributed by atoms with van der Waals surface area (Å²) >= 11 is 0. The van der Waals surface area contributed by atoms with Gasteiger partial charge in [0.15, 0.2) is 0 Å². The quantitative estimate of drug-likeness (QED) is 0.288.